The van der Waals surface area contributed by atoms with Crippen molar-refractivity contribution in [2.24, 2.45) is 5.92 Å². The van der Waals surface area contributed by atoms with Gasteiger partial charge in [-0.3, -0.25) is 9.59 Å². The Balaban J connectivity index is 4.63. The summed E-state index contributed by atoms with van der Waals surface area (Å²) in [6, 6.07) is -0.186. The Kier molecular flexibility index (Phi) is 8.12. The minimum absolute atomic E-state index is 0.0701. The number of ether oxygens (including phenoxy) is 1. The fraction of sp³-hybridized carbons (Fsp3) is 0.733. The molecular weight excluding hydrogens is 242 g/mol. The molecule has 2 atom stereocenters. The molecule has 0 saturated carbocycles. The van der Waals surface area contributed by atoms with E-state index in [1.165, 1.54) is 0 Å². The van der Waals surface area contributed by atoms with Crippen LogP contribution in [0.4, 0.5) is 0 Å². The van der Waals surface area contributed by atoms with Gasteiger partial charge in [-0.15, -0.1) is 0 Å². The predicted molar refractivity (Wildman–Crippen MR) is 76.7 cm³/mol. The summed E-state index contributed by atoms with van der Waals surface area (Å²) in [7, 11) is 1.70. The summed E-state index contributed by atoms with van der Waals surface area (Å²) in [6.45, 7) is 11.7. The maximum Gasteiger partial charge on any atom is 0.210 e. The number of hydrogen-bond acceptors (Lipinski definition) is 3. The van der Waals surface area contributed by atoms with Crippen molar-refractivity contribution in [2.75, 3.05) is 7.05 Å². The summed E-state index contributed by atoms with van der Waals surface area (Å²) in [5.74, 6) is 0.968. The molecule has 0 radical (unpaired) electrons. The Morgan fingerprint density at radius 2 is 1.95 bits per heavy atom. The number of likely N-dealkylation sites (N-methyl/N-ethyl adjacent to an activating group) is 1. The molecule has 0 rings (SSSR count). The second-order valence-corrected chi connectivity index (χ2v) is 5.36. The number of nitrogens with zero attached hydrogens (tertiary/aromatic N) is 1. The molecule has 0 bridgehead atoms. The SMILES string of the molecule is C=C(OC(C)C(=O)CCC)C(CC(C)C)N(C)C=O. The number of rotatable bonds is 10. The van der Waals surface area contributed by atoms with Gasteiger partial charge in [0.2, 0.25) is 6.41 Å². The van der Waals surface area contributed by atoms with E-state index >= 15 is 0 Å². The third-order valence-corrected chi connectivity index (χ3v) is 3.00. The van der Waals surface area contributed by atoms with Gasteiger partial charge in [-0.05, 0) is 25.7 Å². The summed E-state index contributed by atoms with van der Waals surface area (Å²) >= 11 is 0. The van der Waals surface area contributed by atoms with Crippen LogP contribution in [0.3, 0.4) is 0 Å². The highest BCUT2D eigenvalue weighted by Gasteiger charge is 2.23. The van der Waals surface area contributed by atoms with Gasteiger partial charge < -0.3 is 9.64 Å². The number of carbonyl (C=O) groups excluding carboxylic acids is 2. The quantitative estimate of drug-likeness (QED) is 0.452. The Hall–Kier alpha value is -1.32. The molecule has 110 valence electrons. The monoisotopic (exact) mass is 269 g/mol. The highest BCUT2D eigenvalue weighted by Crippen LogP contribution is 2.19. The summed E-state index contributed by atoms with van der Waals surface area (Å²) in [5.41, 5.74) is 0. The molecule has 0 aromatic carbocycles. The summed E-state index contributed by atoms with van der Waals surface area (Å²) in [4.78, 5) is 24.2. The number of ketones is 1. The van der Waals surface area contributed by atoms with E-state index in [0.29, 0.717) is 18.1 Å². The standard InChI is InChI=1S/C15H27NO3/c1-7-8-15(18)13(5)19-12(4)14(9-11(2)3)16(6)10-17/h10-11,13-14H,4,7-9H2,1-3,5-6H3. The number of carbonyl (C=O) groups is 2. The van der Waals surface area contributed by atoms with Gasteiger partial charge in [-0.1, -0.05) is 27.4 Å². The molecule has 2 unspecified atom stereocenters. The zero-order valence-electron chi connectivity index (χ0n) is 12.8. The van der Waals surface area contributed by atoms with Crippen molar-refractivity contribution >= 4 is 12.2 Å². The van der Waals surface area contributed by atoms with Crippen LogP contribution in [0.25, 0.3) is 0 Å². The van der Waals surface area contributed by atoms with Gasteiger partial charge in [0, 0.05) is 13.5 Å². The van der Waals surface area contributed by atoms with Crippen molar-refractivity contribution in [2.45, 2.75) is 59.1 Å². The van der Waals surface area contributed by atoms with Crippen LogP contribution in [0.5, 0.6) is 0 Å². The van der Waals surface area contributed by atoms with Gasteiger partial charge in [-0.2, -0.15) is 0 Å². The number of hydrogen-bond donors (Lipinski definition) is 0. The van der Waals surface area contributed by atoms with Crippen LogP contribution in [-0.4, -0.2) is 36.3 Å². The van der Waals surface area contributed by atoms with Gasteiger partial charge >= 0.3 is 0 Å². The molecule has 0 aliphatic heterocycles. The Bertz CT molecular complexity index is 313. The van der Waals surface area contributed by atoms with Crippen molar-refractivity contribution < 1.29 is 14.3 Å². The number of Topliss-reactive ketones (excluding diaryl/α,β-unsaturated/α-hetero) is 1. The van der Waals surface area contributed by atoms with Gasteiger partial charge in [0.25, 0.3) is 0 Å². The number of amides is 1. The molecule has 0 aromatic heterocycles. The lowest BCUT2D eigenvalue weighted by molar-refractivity contribution is -0.128. The van der Waals surface area contributed by atoms with Crippen LogP contribution >= 0.6 is 0 Å². The van der Waals surface area contributed by atoms with E-state index in [-0.39, 0.29) is 11.8 Å². The van der Waals surface area contributed by atoms with E-state index in [4.69, 9.17) is 4.74 Å². The minimum Gasteiger partial charge on any atom is -0.486 e. The van der Waals surface area contributed by atoms with E-state index < -0.39 is 6.10 Å². The van der Waals surface area contributed by atoms with Gasteiger partial charge in [0.15, 0.2) is 11.9 Å². The third kappa shape index (κ3) is 6.41. The van der Waals surface area contributed by atoms with Gasteiger partial charge in [0.1, 0.15) is 5.76 Å². The van der Waals surface area contributed by atoms with E-state index in [0.717, 1.165) is 19.3 Å². The van der Waals surface area contributed by atoms with Crippen molar-refractivity contribution in [3.05, 3.63) is 12.3 Å². The second kappa shape index (κ2) is 8.73. The summed E-state index contributed by atoms with van der Waals surface area (Å²) in [6.07, 6.45) is 2.35. The molecular formula is C15H27NO3. The first-order valence-electron chi connectivity index (χ1n) is 6.88. The summed E-state index contributed by atoms with van der Waals surface area (Å²) in [5, 5.41) is 0. The van der Waals surface area contributed by atoms with E-state index in [1.54, 1.807) is 18.9 Å². The van der Waals surface area contributed by atoms with Crippen molar-refractivity contribution in [1.82, 2.24) is 4.90 Å². The van der Waals surface area contributed by atoms with Crippen LogP contribution in [0.2, 0.25) is 0 Å². The molecule has 0 saturated heterocycles. The highest BCUT2D eigenvalue weighted by molar-refractivity contribution is 5.82. The largest absolute Gasteiger partial charge is 0.486 e. The van der Waals surface area contributed by atoms with Crippen LogP contribution < -0.4 is 0 Å². The van der Waals surface area contributed by atoms with Gasteiger partial charge in [-0.25, -0.2) is 0 Å². The lowest BCUT2D eigenvalue weighted by Crippen LogP contribution is -2.36. The van der Waals surface area contributed by atoms with E-state index in [2.05, 4.69) is 20.4 Å². The minimum atomic E-state index is -0.498. The smallest absolute Gasteiger partial charge is 0.210 e. The van der Waals surface area contributed by atoms with Crippen LogP contribution in [-0.2, 0) is 14.3 Å². The maximum absolute atomic E-state index is 11.7. The predicted octanol–water partition coefficient (Wildman–Crippen LogP) is 2.78. The Morgan fingerprint density at radius 3 is 2.37 bits per heavy atom. The molecule has 0 fully saturated rings. The zero-order chi connectivity index (χ0) is 15.0. The summed E-state index contributed by atoms with van der Waals surface area (Å²) < 4.78 is 5.61. The topological polar surface area (TPSA) is 46.6 Å². The van der Waals surface area contributed by atoms with Crippen molar-refractivity contribution in [3.8, 4) is 0 Å². The van der Waals surface area contributed by atoms with Crippen molar-refractivity contribution in [1.29, 1.82) is 0 Å². The van der Waals surface area contributed by atoms with Crippen molar-refractivity contribution in [3.63, 3.8) is 0 Å². The molecule has 1 amide bonds. The lowest BCUT2D eigenvalue weighted by atomic mass is 10.0. The molecule has 0 aromatic rings. The lowest BCUT2D eigenvalue weighted by Gasteiger charge is -2.29. The maximum atomic E-state index is 11.7. The molecule has 19 heavy (non-hydrogen) atoms. The zero-order valence-corrected chi connectivity index (χ0v) is 12.8. The van der Waals surface area contributed by atoms with E-state index in [9.17, 15) is 9.59 Å². The molecule has 0 spiro atoms. The Labute approximate surface area is 116 Å². The average molecular weight is 269 g/mol. The first-order chi connectivity index (χ1) is 8.83. The molecule has 0 N–H and O–H groups in total. The fourth-order valence-corrected chi connectivity index (χ4v) is 1.87. The third-order valence-electron chi connectivity index (χ3n) is 3.00. The molecule has 4 nitrogen and oxygen atoms in total. The second-order valence-electron chi connectivity index (χ2n) is 5.36. The highest BCUT2D eigenvalue weighted by atomic mass is 16.5. The first kappa shape index (κ1) is 17.7. The van der Waals surface area contributed by atoms with Gasteiger partial charge in [0.05, 0.1) is 6.04 Å². The molecule has 0 aliphatic carbocycles. The molecule has 4 heteroatoms. The van der Waals surface area contributed by atoms with Crippen LogP contribution in [0.15, 0.2) is 12.3 Å². The first-order valence-corrected chi connectivity index (χ1v) is 6.88. The van der Waals surface area contributed by atoms with Crippen LogP contribution in [0, 0.1) is 5.92 Å². The van der Waals surface area contributed by atoms with Crippen LogP contribution in [0.1, 0.15) is 47.0 Å². The van der Waals surface area contributed by atoms with E-state index in [1.807, 2.05) is 6.92 Å². The molecule has 0 heterocycles. The average Bonchev–Trinajstić information content (AvgIpc) is 2.34. The normalized spacial score (nSPS) is 13.8. The fourth-order valence-electron chi connectivity index (χ4n) is 1.87. The Morgan fingerprint density at radius 1 is 1.37 bits per heavy atom. The molecule has 0 aliphatic rings.